The minimum Gasteiger partial charge on any atom is -0.345 e. The lowest BCUT2D eigenvalue weighted by atomic mass is 10.1. The number of nitrogens with zero attached hydrogens (tertiary/aromatic N) is 4. The van der Waals surface area contributed by atoms with Gasteiger partial charge in [-0.3, -0.25) is 4.79 Å². The highest BCUT2D eigenvalue weighted by Crippen LogP contribution is 2.17. The largest absolute Gasteiger partial charge is 0.345 e. The monoisotopic (exact) mass is 318 g/mol. The summed E-state index contributed by atoms with van der Waals surface area (Å²) in [4.78, 5) is 24.0. The first kappa shape index (κ1) is 15.3. The third kappa shape index (κ3) is 3.44. The van der Waals surface area contributed by atoms with E-state index in [0.717, 1.165) is 18.2 Å². The van der Waals surface area contributed by atoms with Crippen molar-refractivity contribution in [1.82, 2.24) is 14.9 Å². The molecule has 0 aliphatic carbocycles. The van der Waals surface area contributed by atoms with E-state index in [1.165, 1.54) is 4.90 Å². The lowest BCUT2D eigenvalue weighted by molar-refractivity contribution is -0.131. The van der Waals surface area contributed by atoms with E-state index in [-0.39, 0.29) is 24.6 Å². The number of rotatable bonds is 3. The number of anilines is 1. The number of hydrogen-bond acceptors (Lipinski definition) is 4. The van der Waals surface area contributed by atoms with Crippen LogP contribution in [0, 0.1) is 18.6 Å². The molecule has 1 amide bonds. The predicted molar refractivity (Wildman–Crippen MR) is 80.8 cm³/mol. The molecule has 1 aromatic heterocycles. The highest BCUT2D eigenvalue weighted by molar-refractivity contribution is 5.82. The van der Waals surface area contributed by atoms with Crippen LogP contribution in [-0.4, -0.2) is 40.4 Å². The zero-order chi connectivity index (χ0) is 16.4. The van der Waals surface area contributed by atoms with Gasteiger partial charge in [-0.1, -0.05) is 0 Å². The highest BCUT2D eigenvalue weighted by Gasteiger charge is 2.25. The third-order valence-electron chi connectivity index (χ3n) is 3.77. The average Bonchev–Trinajstić information content (AvgIpc) is 2.53. The number of hydrogen-bond donors (Lipinski definition) is 0. The van der Waals surface area contributed by atoms with E-state index >= 15 is 0 Å². The second-order valence-electron chi connectivity index (χ2n) is 5.43. The van der Waals surface area contributed by atoms with Crippen molar-refractivity contribution in [2.45, 2.75) is 13.5 Å². The van der Waals surface area contributed by atoms with Crippen molar-refractivity contribution in [3.05, 3.63) is 53.5 Å². The predicted octanol–water partition coefficient (Wildman–Crippen LogP) is 1.91. The van der Waals surface area contributed by atoms with Gasteiger partial charge in [0.05, 0.1) is 6.54 Å². The van der Waals surface area contributed by atoms with Gasteiger partial charge >= 0.3 is 0 Å². The highest BCUT2D eigenvalue weighted by atomic mass is 19.1. The van der Waals surface area contributed by atoms with Crippen LogP contribution in [-0.2, 0) is 11.3 Å². The van der Waals surface area contributed by atoms with E-state index < -0.39 is 11.6 Å². The molecule has 120 valence electrons. The summed E-state index contributed by atoms with van der Waals surface area (Å²) in [5.41, 5.74) is 0.185. The Morgan fingerprint density at radius 3 is 2.78 bits per heavy atom. The Balaban J connectivity index is 1.69. The van der Waals surface area contributed by atoms with Crippen molar-refractivity contribution in [2.24, 2.45) is 0 Å². The molecule has 2 heterocycles. The molecule has 0 saturated carbocycles. The first-order chi connectivity index (χ1) is 11.0. The van der Waals surface area contributed by atoms with Crippen molar-refractivity contribution >= 4 is 11.7 Å². The van der Waals surface area contributed by atoms with Gasteiger partial charge in [0.25, 0.3) is 0 Å². The average molecular weight is 318 g/mol. The molecule has 1 saturated heterocycles. The van der Waals surface area contributed by atoms with E-state index in [2.05, 4.69) is 9.97 Å². The fraction of sp³-hybridized carbons (Fsp3) is 0.312. The molecule has 0 unspecified atom stereocenters. The third-order valence-corrected chi connectivity index (χ3v) is 3.77. The van der Waals surface area contributed by atoms with E-state index in [1.807, 2.05) is 4.90 Å². The first-order valence-corrected chi connectivity index (χ1v) is 7.29. The summed E-state index contributed by atoms with van der Waals surface area (Å²) in [6.07, 6.45) is 1.65. The van der Waals surface area contributed by atoms with E-state index in [0.29, 0.717) is 24.7 Å². The summed E-state index contributed by atoms with van der Waals surface area (Å²) < 4.78 is 26.9. The molecule has 1 aliphatic heterocycles. The van der Waals surface area contributed by atoms with E-state index in [9.17, 15) is 13.6 Å². The Morgan fingerprint density at radius 2 is 2.04 bits per heavy atom. The molecule has 5 nitrogen and oxygen atoms in total. The van der Waals surface area contributed by atoms with Crippen LogP contribution in [0.25, 0.3) is 0 Å². The molecule has 0 atom stereocenters. The maximum atomic E-state index is 13.7. The number of benzene rings is 1. The number of carbonyl (C=O) groups is 1. The molecule has 1 fully saturated rings. The van der Waals surface area contributed by atoms with Crippen molar-refractivity contribution in [2.75, 3.05) is 24.5 Å². The van der Waals surface area contributed by atoms with Crippen LogP contribution in [0.15, 0.2) is 30.5 Å². The number of aromatic nitrogens is 2. The maximum absolute atomic E-state index is 13.7. The Bertz CT molecular complexity index is 738. The van der Waals surface area contributed by atoms with Gasteiger partial charge in [-0.2, -0.15) is 0 Å². The van der Waals surface area contributed by atoms with Gasteiger partial charge in [0.15, 0.2) is 0 Å². The van der Waals surface area contributed by atoms with E-state index in [1.54, 1.807) is 19.2 Å². The summed E-state index contributed by atoms with van der Waals surface area (Å²) >= 11 is 0. The Labute approximate surface area is 132 Å². The summed E-state index contributed by atoms with van der Waals surface area (Å²) in [6, 6.07) is 5.02. The SMILES string of the molecule is Cc1nccc(N2CCN(Cc3cc(F)ccc3F)C(=O)C2)n1. The summed E-state index contributed by atoms with van der Waals surface area (Å²) in [5.74, 6) is 0.176. The first-order valence-electron chi connectivity index (χ1n) is 7.29. The summed E-state index contributed by atoms with van der Waals surface area (Å²) in [6.45, 7) is 3.03. The van der Waals surface area contributed by atoms with Crippen LogP contribution in [0.1, 0.15) is 11.4 Å². The number of piperazine rings is 1. The zero-order valence-corrected chi connectivity index (χ0v) is 12.7. The lowest BCUT2D eigenvalue weighted by Crippen LogP contribution is -2.50. The minimum atomic E-state index is -0.510. The molecular weight excluding hydrogens is 302 g/mol. The van der Waals surface area contributed by atoms with Gasteiger partial charge in [-0.25, -0.2) is 18.7 Å². The van der Waals surface area contributed by atoms with Crippen LogP contribution in [0.3, 0.4) is 0 Å². The molecule has 0 bridgehead atoms. The van der Waals surface area contributed by atoms with Crippen LogP contribution < -0.4 is 4.90 Å². The van der Waals surface area contributed by atoms with Crippen molar-refractivity contribution in [3.63, 3.8) is 0 Å². The van der Waals surface area contributed by atoms with Crippen molar-refractivity contribution in [1.29, 1.82) is 0 Å². The van der Waals surface area contributed by atoms with Gasteiger partial charge in [0, 0.05) is 31.4 Å². The molecule has 3 rings (SSSR count). The van der Waals surface area contributed by atoms with Crippen molar-refractivity contribution < 1.29 is 13.6 Å². The normalized spacial score (nSPS) is 15.2. The zero-order valence-electron chi connectivity index (χ0n) is 12.7. The molecule has 0 radical (unpaired) electrons. The van der Waals surface area contributed by atoms with E-state index in [4.69, 9.17) is 0 Å². The van der Waals surface area contributed by atoms with Crippen LogP contribution in [0.5, 0.6) is 0 Å². The number of aryl methyl sites for hydroxylation is 1. The molecule has 0 N–H and O–H groups in total. The number of carbonyl (C=O) groups excluding carboxylic acids is 1. The number of amides is 1. The minimum absolute atomic E-state index is 0.0685. The second kappa shape index (κ2) is 6.28. The summed E-state index contributed by atoms with van der Waals surface area (Å²) in [5, 5.41) is 0. The second-order valence-corrected chi connectivity index (χ2v) is 5.43. The molecule has 1 aromatic carbocycles. The van der Waals surface area contributed by atoms with Gasteiger partial charge in [-0.15, -0.1) is 0 Å². The maximum Gasteiger partial charge on any atom is 0.242 e. The van der Waals surface area contributed by atoms with Gasteiger partial charge in [0.2, 0.25) is 5.91 Å². The fourth-order valence-corrected chi connectivity index (χ4v) is 2.56. The number of halogens is 2. The lowest BCUT2D eigenvalue weighted by Gasteiger charge is -2.35. The fourth-order valence-electron chi connectivity index (χ4n) is 2.56. The Kier molecular flexibility index (Phi) is 4.18. The van der Waals surface area contributed by atoms with Crippen LogP contribution in [0.4, 0.5) is 14.6 Å². The summed E-state index contributed by atoms with van der Waals surface area (Å²) in [7, 11) is 0. The van der Waals surface area contributed by atoms with Gasteiger partial charge < -0.3 is 9.80 Å². The molecule has 23 heavy (non-hydrogen) atoms. The van der Waals surface area contributed by atoms with Crippen LogP contribution in [0.2, 0.25) is 0 Å². The molecule has 7 heteroatoms. The Morgan fingerprint density at radius 1 is 1.22 bits per heavy atom. The van der Waals surface area contributed by atoms with Crippen LogP contribution >= 0.6 is 0 Å². The smallest absolute Gasteiger partial charge is 0.242 e. The molecular formula is C16H16F2N4O. The molecule has 2 aromatic rings. The molecule has 1 aliphatic rings. The quantitative estimate of drug-likeness (QED) is 0.867. The van der Waals surface area contributed by atoms with Gasteiger partial charge in [0.1, 0.15) is 23.3 Å². The standard InChI is InChI=1S/C16H16F2N4O/c1-11-19-5-4-15(20-11)21-6-7-22(16(23)10-21)9-12-8-13(17)2-3-14(12)18/h2-5,8H,6-7,9-10H2,1H3. The molecule has 0 spiro atoms. The van der Waals surface area contributed by atoms with Crippen molar-refractivity contribution in [3.8, 4) is 0 Å². The van der Waals surface area contributed by atoms with Gasteiger partial charge in [-0.05, 0) is 31.2 Å². The topological polar surface area (TPSA) is 49.3 Å². The Hall–Kier alpha value is -2.57.